The molecule has 0 aliphatic rings. The van der Waals surface area contributed by atoms with Crippen molar-refractivity contribution in [1.82, 2.24) is 9.88 Å². The summed E-state index contributed by atoms with van der Waals surface area (Å²) in [5, 5.41) is 4.52. The van der Waals surface area contributed by atoms with E-state index in [0.717, 1.165) is 12.1 Å². The van der Waals surface area contributed by atoms with E-state index in [0.29, 0.717) is 12.1 Å². The van der Waals surface area contributed by atoms with Gasteiger partial charge in [-0.3, -0.25) is 0 Å². The van der Waals surface area contributed by atoms with Gasteiger partial charge in [-0.25, -0.2) is 4.39 Å². The van der Waals surface area contributed by atoms with Crippen LogP contribution in [0, 0.1) is 5.82 Å². The van der Waals surface area contributed by atoms with Crippen molar-refractivity contribution < 1.29 is 4.39 Å². The first-order chi connectivity index (χ1) is 10.2. The standard InChI is InChI=1S/C17H16ClFN2/c1-20-10-12-4-3-7-16-14(12)8-9-21(16)11-13-5-2-6-15(18)17(13)19/h2-9,20H,10-11H2,1H3. The van der Waals surface area contributed by atoms with Gasteiger partial charge in [0.15, 0.2) is 0 Å². The van der Waals surface area contributed by atoms with Gasteiger partial charge in [0.05, 0.1) is 11.6 Å². The molecule has 0 unspecified atom stereocenters. The smallest absolute Gasteiger partial charge is 0.146 e. The molecule has 1 heterocycles. The number of aromatic nitrogens is 1. The van der Waals surface area contributed by atoms with Crippen LogP contribution in [0.1, 0.15) is 11.1 Å². The molecule has 2 aromatic carbocycles. The lowest BCUT2D eigenvalue weighted by molar-refractivity contribution is 0.602. The van der Waals surface area contributed by atoms with E-state index in [-0.39, 0.29) is 10.8 Å². The van der Waals surface area contributed by atoms with Gasteiger partial charge in [-0.1, -0.05) is 35.9 Å². The molecular formula is C17H16ClFN2. The highest BCUT2D eigenvalue weighted by Crippen LogP contribution is 2.23. The van der Waals surface area contributed by atoms with E-state index >= 15 is 0 Å². The van der Waals surface area contributed by atoms with E-state index in [2.05, 4.69) is 23.5 Å². The molecule has 1 aromatic heterocycles. The summed E-state index contributed by atoms with van der Waals surface area (Å²) >= 11 is 5.85. The van der Waals surface area contributed by atoms with E-state index in [1.54, 1.807) is 18.2 Å². The first-order valence-corrected chi connectivity index (χ1v) is 7.22. The minimum absolute atomic E-state index is 0.167. The molecule has 0 saturated heterocycles. The molecule has 3 aromatic rings. The molecule has 0 aliphatic carbocycles. The fourth-order valence-electron chi connectivity index (χ4n) is 2.62. The molecule has 0 saturated carbocycles. The number of hydrogen-bond acceptors (Lipinski definition) is 1. The van der Waals surface area contributed by atoms with Crippen LogP contribution in [0.15, 0.2) is 48.7 Å². The molecule has 1 N–H and O–H groups in total. The maximum Gasteiger partial charge on any atom is 0.146 e. The van der Waals surface area contributed by atoms with Crippen molar-refractivity contribution in [3.63, 3.8) is 0 Å². The van der Waals surface area contributed by atoms with Crippen LogP contribution in [0.2, 0.25) is 5.02 Å². The first-order valence-electron chi connectivity index (χ1n) is 6.85. The maximum absolute atomic E-state index is 14.0. The minimum atomic E-state index is -0.340. The van der Waals surface area contributed by atoms with Crippen molar-refractivity contribution in [2.75, 3.05) is 7.05 Å². The van der Waals surface area contributed by atoms with Gasteiger partial charge >= 0.3 is 0 Å². The Morgan fingerprint density at radius 2 is 1.86 bits per heavy atom. The van der Waals surface area contributed by atoms with Crippen LogP contribution in [0.25, 0.3) is 10.9 Å². The molecule has 0 radical (unpaired) electrons. The number of hydrogen-bond donors (Lipinski definition) is 1. The largest absolute Gasteiger partial charge is 0.343 e. The number of nitrogens with one attached hydrogen (secondary N) is 1. The van der Waals surface area contributed by atoms with Crippen LogP contribution in [-0.4, -0.2) is 11.6 Å². The van der Waals surface area contributed by atoms with Crippen LogP contribution >= 0.6 is 11.6 Å². The number of halogens is 2. The third-order valence-corrected chi connectivity index (χ3v) is 3.94. The Morgan fingerprint density at radius 1 is 1.10 bits per heavy atom. The highest BCUT2D eigenvalue weighted by molar-refractivity contribution is 6.30. The quantitative estimate of drug-likeness (QED) is 0.764. The second kappa shape index (κ2) is 5.88. The van der Waals surface area contributed by atoms with Gasteiger partial charge in [-0.2, -0.15) is 0 Å². The highest BCUT2D eigenvalue weighted by atomic mass is 35.5. The molecule has 21 heavy (non-hydrogen) atoms. The minimum Gasteiger partial charge on any atom is -0.343 e. The first kappa shape index (κ1) is 14.1. The molecular weight excluding hydrogens is 287 g/mol. The van der Waals surface area contributed by atoms with E-state index in [4.69, 9.17) is 11.6 Å². The van der Waals surface area contributed by atoms with Crippen LogP contribution in [0.5, 0.6) is 0 Å². The highest BCUT2D eigenvalue weighted by Gasteiger charge is 2.09. The van der Waals surface area contributed by atoms with E-state index in [1.165, 1.54) is 10.9 Å². The zero-order valence-electron chi connectivity index (χ0n) is 11.7. The Morgan fingerprint density at radius 3 is 2.67 bits per heavy atom. The molecule has 0 fully saturated rings. The van der Waals surface area contributed by atoms with Gasteiger partial charge in [0.1, 0.15) is 5.82 Å². The van der Waals surface area contributed by atoms with E-state index in [1.807, 2.05) is 23.9 Å². The molecule has 0 atom stereocenters. The van der Waals surface area contributed by atoms with Crippen LogP contribution in [0.4, 0.5) is 4.39 Å². The van der Waals surface area contributed by atoms with E-state index < -0.39 is 0 Å². The number of nitrogens with zero attached hydrogens (tertiary/aromatic N) is 1. The number of rotatable bonds is 4. The summed E-state index contributed by atoms with van der Waals surface area (Å²) < 4.78 is 16.1. The molecule has 3 rings (SSSR count). The third-order valence-electron chi connectivity index (χ3n) is 3.64. The summed E-state index contributed by atoms with van der Waals surface area (Å²) in [4.78, 5) is 0. The zero-order chi connectivity index (χ0) is 14.8. The molecule has 0 bridgehead atoms. The fourth-order valence-corrected chi connectivity index (χ4v) is 2.82. The summed E-state index contributed by atoms with van der Waals surface area (Å²) in [6, 6.07) is 13.4. The van der Waals surface area contributed by atoms with Gasteiger partial charge in [-0.15, -0.1) is 0 Å². The lowest BCUT2D eigenvalue weighted by atomic mass is 10.1. The lowest BCUT2D eigenvalue weighted by Crippen LogP contribution is -2.05. The summed E-state index contributed by atoms with van der Waals surface area (Å²) in [6.45, 7) is 1.28. The fraction of sp³-hybridized carbons (Fsp3) is 0.176. The Hall–Kier alpha value is -1.84. The average Bonchev–Trinajstić information content (AvgIpc) is 2.89. The molecule has 4 heteroatoms. The second-order valence-electron chi connectivity index (χ2n) is 5.04. The van der Waals surface area contributed by atoms with Crippen molar-refractivity contribution >= 4 is 22.5 Å². The summed E-state index contributed by atoms with van der Waals surface area (Å²) in [5.41, 5.74) is 2.93. The summed E-state index contributed by atoms with van der Waals surface area (Å²) in [7, 11) is 1.93. The normalized spacial score (nSPS) is 11.2. The SMILES string of the molecule is CNCc1cccc2c1ccn2Cc1cccc(Cl)c1F. The monoisotopic (exact) mass is 302 g/mol. The Bertz CT molecular complexity index is 780. The lowest BCUT2D eigenvalue weighted by Gasteiger charge is -2.09. The molecule has 0 spiro atoms. The predicted molar refractivity (Wildman–Crippen MR) is 85.2 cm³/mol. The second-order valence-corrected chi connectivity index (χ2v) is 5.44. The van der Waals surface area contributed by atoms with Gasteiger partial charge in [0.25, 0.3) is 0 Å². The third kappa shape index (κ3) is 2.67. The van der Waals surface area contributed by atoms with Gasteiger partial charge < -0.3 is 9.88 Å². The van der Waals surface area contributed by atoms with Gasteiger partial charge in [0, 0.05) is 29.2 Å². The average molecular weight is 303 g/mol. The van der Waals surface area contributed by atoms with Crippen LogP contribution in [-0.2, 0) is 13.1 Å². The number of benzene rings is 2. The van der Waals surface area contributed by atoms with E-state index in [9.17, 15) is 4.39 Å². The molecule has 2 nitrogen and oxygen atoms in total. The molecule has 0 amide bonds. The van der Waals surface area contributed by atoms with Crippen molar-refractivity contribution in [1.29, 1.82) is 0 Å². The van der Waals surface area contributed by atoms with Crippen LogP contribution < -0.4 is 5.32 Å². The van der Waals surface area contributed by atoms with Crippen molar-refractivity contribution in [3.8, 4) is 0 Å². The van der Waals surface area contributed by atoms with Gasteiger partial charge in [-0.05, 0) is 30.8 Å². The Balaban J connectivity index is 2.02. The number of fused-ring (bicyclic) bond motifs is 1. The molecule has 108 valence electrons. The topological polar surface area (TPSA) is 17.0 Å². The molecule has 0 aliphatic heterocycles. The van der Waals surface area contributed by atoms with Crippen molar-refractivity contribution in [2.24, 2.45) is 0 Å². The maximum atomic E-state index is 14.0. The Kier molecular flexibility index (Phi) is 3.95. The summed E-state index contributed by atoms with van der Waals surface area (Å²) in [5.74, 6) is -0.340. The predicted octanol–water partition coefficient (Wildman–Crippen LogP) is 4.20. The summed E-state index contributed by atoms with van der Waals surface area (Å²) in [6.07, 6.45) is 1.99. The van der Waals surface area contributed by atoms with Crippen molar-refractivity contribution in [3.05, 3.63) is 70.6 Å². The zero-order valence-corrected chi connectivity index (χ0v) is 12.5. The van der Waals surface area contributed by atoms with Crippen molar-refractivity contribution in [2.45, 2.75) is 13.1 Å². The van der Waals surface area contributed by atoms with Gasteiger partial charge in [0.2, 0.25) is 0 Å². The van der Waals surface area contributed by atoms with Crippen LogP contribution in [0.3, 0.4) is 0 Å². The Labute approximate surface area is 128 Å².